The van der Waals surface area contributed by atoms with Crippen molar-refractivity contribution in [1.82, 2.24) is 5.48 Å². The van der Waals surface area contributed by atoms with E-state index in [1.54, 1.807) is 0 Å². The summed E-state index contributed by atoms with van der Waals surface area (Å²) >= 11 is 0. The number of rotatable bonds is 5. The predicted molar refractivity (Wildman–Crippen MR) is 94.6 cm³/mol. The molecule has 22 heavy (non-hydrogen) atoms. The van der Waals surface area contributed by atoms with E-state index < -0.39 is 0 Å². The molecule has 0 aliphatic rings. The van der Waals surface area contributed by atoms with Crippen LogP contribution in [-0.4, -0.2) is 36.2 Å². The summed E-state index contributed by atoms with van der Waals surface area (Å²) < 4.78 is 0.917. The molecule has 0 aliphatic carbocycles. The Hall–Kier alpha value is -0.900. The number of likely N-dealkylation sites (N-methyl/N-ethyl adjacent to an activating group) is 1. The van der Waals surface area contributed by atoms with E-state index in [0.717, 1.165) is 11.0 Å². The van der Waals surface area contributed by atoms with Crippen LogP contribution < -0.4 is 5.48 Å². The predicted octanol–water partition coefficient (Wildman–Crippen LogP) is 4.23. The highest BCUT2D eigenvalue weighted by Crippen LogP contribution is 2.36. The summed E-state index contributed by atoms with van der Waals surface area (Å²) in [6, 6.07) is 8.65. The first-order valence-electron chi connectivity index (χ1n) is 8.17. The van der Waals surface area contributed by atoms with E-state index in [2.05, 4.69) is 85.3 Å². The molecule has 0 aliphatic heterocycles. The normalized spacial score (nSPS) is 15.0. The number of hydrogen-bond donors (Lipinski definition) is 1. The van der Waals surface area contributed by atoms with Gasteiger partial charge in [-0.15, -0.1) is 0 Å². The molecule has 1 rings (SSSR count). The van der Waals surface area contributed by atoms with Crippen LogP contribution in [0.2, 0.25) is 0 Å². The van der Waals surface area contributed by atoms with E-state index >= 15 is 0 Å². The molecule has 1 aromatic carbocycles. The van der Waals surface area contributed by atoms with E-state index in [0.29, 0.717) is 0 Å². The monoisotopic (exact) mass is 307 g/mol. The minimum Gasteiger partial charge on any atom is -0.315 e. The molecule has 0 amide bonds. The van der Waals surface area contributed by atoms with Crippen molar-refractivity contribution in [2.75, 3.05) is 20.6 Å². The summed E-state index contributed by atoms with van der Waals surface area (Å²) in [5, 5.41) is 0. The van der Waals surface area contributed by atoms with E-state index in [9.17, 15) is 0 Å². The van der Waals surface area contributed by atoms with Crippen molar-refractivity contribution in [2.24, 2.45) is 0 Å². The molecule has 0 fully saturated rings. The van der Waals surface area contributed by atoms with Crippen molar-refractivity contribution in [3.05, 3.63) is 35.4 Å². The van der Waals surface area contributed by atoms with Crippen LogP contribution in [0.15, 0.2) is 24.3 Å². The van der Waals surface area contributed by atoms with Gasteiger partial charge in [0.15, 0.2) is 6.10 Å². The first kappa shape index (κ1) is 19.1. The Balaban J connectivity index is 3.18. The molecule has 0 aromatic heterocycles. The molecular formula is C19H35N2O+. The lowest BCUT2D eigenvalue weighted by atomic mass is 9.89. The van der Waals surface area contributed by atoms with Crippen molar-refractivity contribution in [3.8, 4) is 0 Å². The Morgan fingerprint density at radius 2 is 1.45 bits per heavy atom. The van der Waals surface area contributed by atoms with Gasteiger partial charge in [0.05, 0.1) is 18.1 Å². The van der Waals surface area contributed by atoms with Crippen molar-refractivity contribution in [3.63, 3.8) is 0 Å². The van der Waals surface area contributed by atoms with Gasteiger partial charge in [-0.25, -0.2) is 5.48 Å². The lowest BCUT2D eigenvalue weighted by Crippen LogP contribution is -2.68. The Morgan fingerprint density at radius 1 is 1.00 bits per heavy atom. The topological polar surface area (TPSA) is 21.3 Å². The fourth-order valence-corrected chi connectivity index (χ4v) is 3.02. The number of hydrogen-bond acceptors (Lipinski definition) is 2. The average Bonchev–Trinajstić information content (AvgIpc) is 2.36. The molecule has 1 atom stereocenters. The maximum Gasteiger partial charge on any atom is 0.153 e. The van der Waals surface area contributed by atoms with E-state index in [1.165, 1.54) is 11.1 Å². The molecule has 0 saturated carbocycles. The van der Waals surface area contributed by atoms with Gasteiger partial charge in [-0.1, -0.05) is 29.8 Å². The fourth-order valence-electron chi connectivity index (χ4n) is 3.02. The maximum atomic E-state index is 5.89. The van der Waals surface area contributed by atoms with Gasteiger partial charge in [-0.3, -0.25) is 4.84 Å². The molecule has 3 heteroatoms. The third-order valence-electron chi connectivity index (χ3n) is 5.20. The molecule has 0 radical (unpaired) electrons. The Labute approximate surface area is 137 Å². The third kappa shape index (κ3) is 4.09. The summed E-state index contributed by atoms with van der Waals surface area (Å²) in [6.07, 6.45) is 0.0223. The third-order valence-corrected chi connectivity index (χ3v) is 5.20. The minimum atomic E-state index is 0.0223. The summed E-state index contributed by atoms with van der Waals surface area (Å²) in [7, 11) is 4.17. The van der Waals surface area contributed by atoms with Gasteiger partial charge >= 0.3 is 0 Å². The molecule has 0 saturated heterocycles. The van der Waals surface area contributed by atoms with Crippen LogP contribution in [0, 0.1) is 6.92 Å². The zero-order valence-corrected chi connectivity index (χ0v) is 15.9. The number of nitrogens with zero attached hydrogens (tertiary/aromatic N) is 1. The number of benzene rings is 1. The van der Waals surface area contributed by atoms with Gasteiger partial charge in [0, 0.05) is 7.05 Å². The molecular weight excluding hydrogens is 272 g/mol. The standard InChI is InChI=1S/C19H35N2O/c1-15-10-12-16(13-11-15)17(22-20-8)14-21(9,18(2,3)4)19(5,6)7/h10-13,17,20H,14H2,1-9H3/q+1. The molecule has 1 unspecified atom stereocenters. The molecule has 1 N–H and O–H groups in total. The molecule has 0 bridgehead atoms. The number of hydroxylamine groups is 1. The molecule has 1 aromatic rings. The summed E-state index contributed by atoms with van der Waals surface area (Å²) in [5.41, 5.74) is 5.64. The Morgan fingerprint density at radius 3 is 1.82 bits per heavy atom. The van der Waals surface area contributed by atoms with Crippen LogP contribution in [0.5, 0.6) is 0 Å². The van der Waals surface area contributed by atoms with Crippen molar-refractivity contribution in [2.45, 2.75) is 65.6 Å². The second-order valence-electron chi connectivity index (χ2n) is 8.44. The van der Waals surface area contributed by atoms with Crippen LogP contribution in [0.3, 0.4) is 0 Å². The lowest BCUT2D eigenvalue weighted by Gasteiger charge is -2.55. The van der Waals surface area contributed by atoms with Crippen LogP contribution in [0.25, 0.3) is 0 Å². The van der Waals surface area contributed by atoms with Crippen LogP contribution in [0.4, 0.5) is 0 Å². The number of nitrogens with one attached hydrogen (secondary N) is 1. The van der Waals surface area contributed by atoms with E-state index in [1.807, 2.05) is 7.05 Å². The lowest BCUT2D eigenvalue weighted by molar-refractivity contribution is -0.997. The molecule has 126 valence electrons. The largest absolute Gasteiger partial charge is 0.315 e. The highest BCUT2D eigenvalue weighted by Gasteiger charge is 2.47. The summed E-state index contributed by atoms with van der Waals surface area (Å²) in [6.45, 7) is 16.9. The first-order chi connectivity index (χ1) is 9.92. The van der Waals surface area contributed by atoms with Crippen LogP contribution in [-0.2, 0) is 4.84 Å². The minimum absolute atomic E-state index is 0.0223. The van der Waals surface area contributed by atoms with Crippen LogP contribution in [0.1, 0.15) is 58.8 Å². The Bertz CT molecular complexity index is 452. The van der Waals surface area contributed by atoms with Crippen molar-refractivity contribution >= 4 is 0 Å². The molecule has 0 spiro atoms. The van der Waals surface area contributed by atoms with Crippen LogP contribution >= 0.6 is 0 Å². The summed E-state index contributed by atoms with van der Waals surface area (Å²) in [5.74, 6) is 0. The van der Waals surface area contributed by atoms with Gasteiger partial charge in [0.1, 0.15) is 6.54 Å². The van der Waals surface area contributed by atoms with Crippen molar-refractivity contribution < 1.29 is 9.32 Å². The second-order valence-corrected chi connectivity index (χ2v) is 8.44. The quantitative estimate of drug-likeness (QED) is 0.649. The second kappa shape index (κ2) is 6.69. The van der Waals surface area contributed by atoms with Gasteiger partial charge in [-0.05, 0) is 54.0 Å². The van der Waals surface area contributed by atoms with E-state index in [4.69, 9.17) is 4.84 Å². The zero-order valence-electron chi connectivity index (χ0n) is 15.9. The zero-order chi connectivity index (χ0) is 17.2. The highest BCUT2D eigenvalue weighted by molar-refractivity contribution is 5.23. The fraction of sp³-hybridized carbons (Fsp3) is 0.684. The highest BCUT2D eigenvalue weighted by atomic mass is 16.7. The van der Waals surface area contributed by atoms with Gasteiger partial charge < -0.3 is 4.48 Å². The number of quaternary nitrogens is 1. The molecule has 3 nitrogen and oxygen atoms in total. The van der Waals surface area contributed by atoms with Crippen molar-refractivity contribution in [1.29, 1.82) is 0 Å². The van der Waals surface area contributed by atoms with Gasteiger partial charge in [-0.2, -0.15) is 0 Å². The molecule has 0 heterocycles. The van der Waals surface area contributed by atoms with Gasteiger partial charge in [0.2, 0.25) is 0 Å². The summed E-state index contributed by atoms with van der Waals surface area (Å²) in [4.78, 5) is 5.89. The Kier molecular flexibility index (Phi) is 5.82. The number of aryl methyl sites for hydroxylation is 1. The maximum absolute atomic E-state index is 5.89. The smallest absolute Gasteiger partial charge is 0.153 e. The SMILES string of the molecule is CNOC(C[N+](C)(C(C)(C)C)C(C)(C)C)c1ccc(C)cc1. The van der Waals surface area contributed by atoms with E-state index in [-0.39, 0.29) is 17.2 Å². The van der Waals surface area contributed by atoms with Gasteiger partial charge in [0.25, 0.3) is 0 Å². The first-order valence-corrected chi connectivity index (χ1v) is 8.17. The average molecular weight is 308 g/mol.